The highest BCUT2D eigenvalue weighted by Gasteiger charge is 2.20. The second kappa shape index (κ2) is 6.25. The molecule has 0 saturated carbocycles. The van der Waals surface area contributed by atoms with Crippen LogP contribution in [0.1, 0.15) is 17.9 Å². The zero-order valence-electron chi connectivity index (χ0n) is 12.4. The zero-order valence-corrected chi connectivity index (χ0v) is 14.1. The van der Waals surface area contributed by atoms with Crippen molar-refractivity contribution in [1.82, 2.24) is 19.9 Å². The number of carbonyl (C=O) groups is 1. The number of hydrogen-bond acceptors (Lipinski definition) is 5. The summed E-state index contributed by atoms with van der Waals surface area (Å²) in [6.07, 6.45) is 5.99. The lowest BCUT2D eigenvalue weighted by atomic mass is 10.1. The summed E-state index contributed by atoms with van der Waals surface area (Å²) >= 11 is 3.26. The maximum atomic E-state index is 12.3. The summed E-state index contributed by atoms with van der Waals surface area (Å²) in [5.74, 6) is 1.15. The van der Waals surface area contributed by atoms with Gasteiger partial charge in [0.15, 0.2) is 0 Å². The molecule has 118 valence electrons. The Hall–Kier alpha value is -1.99. The summed E-state index contributed by atoms with van der Waals surface area (Å²) in [5, 5.41) is 8.13. The van der Waals surface area contributed by atoms with Crippen molar-refractivity contribution >= 4 is 28.6 Å². The van der Waals surface area contributed by atoms with E-state index in [-0.39, 0.29) is 11.9 Å². The monoisotopic (exact) mass is 344 g/mol. The number of aryl methyl sites for hydroxylation is 1. The fourth-order valence-electron chi connectivity index (χ4n) is 2.83. The van der Waals surface area contributed by atoms with E-state index >= 15 is 0 Å². The van der Waals surface area contributed by atoms with E-state index in [9.17, 15) is 4.79 Å². The number of aromatic nitrogens is 3. The summed E-state index contributed by atoms with van der Waals surface area (Å²) in [6, 6.07) is 4.25. The highest BCUT2D eigenvalue weighted by atomic mass is 32.1. The fraction of sp³-hybridized carbons (Fsp3) is 0.312. The van der Waals surface area contributed by atoms with Crippen molar-refractivity contribution in [3.05, 3.63) is 46.8 Å². The molecule has 0 fully saturated rings. The third-order valence-corrected chi connectivity index (χ3v) is 5.86. The molecular weight excluding hydrogens is 328 g/mol. The highest BCUT2D eigenvalue weighted by molar-refractivity contribution is 7.20. The quantitative estimate of drug-likeness (QED) is 0.792. The molecule has 0 bridgehead atoms. The summed E-state index contributed by atoms with van der Waals surface area (Å²) in [4.78, 5) is 22.3. The van der Waals surface area contributed by atoms with Gasteiger partial charge in [0.25, 0.3) is 0 Å². The molecule has 5 nitrogen and oxygen atoms in total. The molecule has 0 unspecified atom stereocenters. The summed E-state index contributed by atoms with van der Waals surface area (Å²) in [6.45, 7) is 0.804. The molecule has 7 heteroatoms. The first kappa shape index (κ1) is 14.6. The van der Waals surface area contributed by atoms with Crippen LogP contribution < -0.4 is 5.32 Å². The Morgan fingerprint density at radius 2 is 2.39 bits per heavy atom. The van der Waals surface area contributed by atoms with Gasteiger partial charge in [0.05, 0.1) is 17.0 Å². The summed E-state index contributed by atoms with van der Waals surface area (Å²) < 4.78 is 2.12. The number of thiazole rings is 1. The van der Waals surface area contributed by atoms with Gasteiger partial charge in [-0.3, -0.25) is 4.79 Å². The molecule has 4 rings (SSSR count). The third-order valence-electron chi connectivity index (χ3n) is 3.93. The molecule has 0 saturated heterocycles. The largest absolute Gasteiger partial charge is 0.351 e. The Labute approximate surface area is 142 Å². The van der Waals surface area contributed by atoms with Crippen LogP contribution in [0.15, 0.2) is 35.3 Å². The van der Waals surface area contributed by atoms with Crippen molar-refractivity contribution in [2.45, 2.75) is 31.8 Å². The number of nitrogens with one attached hydrogen (secondary N) is 1. The lowest BCUT2D eigenvalue weighted by Gasteiger charge is -2.24. The van der Waals surface area contributed by atoms with Gasteiger partial charge in [0, 0.05) is 36.8 Å². The van der Waals surface area contributed by atoms with Crippen molar-refractivity contribution < 1.29 is 4.79 Å². The molecule has 0 aliphatic carbocycles. The van der Waals surface area contributed by atoms with Crippen molar-refractivity contribution in [2.75, 3.05) is 0 Å². The molecule has 3 aromatic heterocycles. The van der Waals surface area contributed by atoms with Crippen molar-refractivity contribution in [3.8, 4) is 9.88 Å². The van der Waals surface area contributed by atoms with Crippen LogP contribution >= 0.6 is 22.7 Å². The Kier molecular flexibility index (Phi) is 3.97. The molecule has 23 heavy (non-hydrogen) atoms. The lowest BCUT2D eigenvalue weighted by molar-refractivity contribution is -0.121. The molecule has 3 aromatic rings. The highest BCUT2D eigenvalue weighted by Crippen LogP contribution is 2.27. The normalized spacial score (nSPS) is 17.0. The zero-order chi connectivity index (χ0) is 15.6. The Balaban J connectivity index is 1.36. The van der Waals surface area contributed by atoms with Gasteiger partial charge in [-0.1, -0.05) is 6.07 Å². The number of nitrogens with zero attached hydrogens (tertiary/aromatic N) is 3. The molecule has 0 radical (unpaired) electrons. The van der Waals surface area contributed by atoms with Crippen molar-refractivity contribution in [2.24, 2.45) is 0 Å². The molecule has 1 N–H and O–H groups in total. The van der Waals surface area contributed by atoms with Gasteiger partial charge in [-0.15, -0.1) is 22.7 Å². The molecule has 1 atom stereocenters. The van der Waals surface area contributed by atoms with Crippen LogP contribution in [0.25, 0.3) is 9.88 Å². The van der Waals surface area contributed by atoms with E-state index in [0.29, 0.717) is 6.42 Å². The number of fused-ring (bicyclic) bond motifs is 1. The van der Waals surface area contributed by atoms with E-state index in [0.717, 1.165) is 40.8 Å². The SMILES string of the molecule is O=C(Cc1csc(-c2cccs2)n1)N[C@H]1CCc2nccn2C1. The van der Waals surface area contributed by atoms with E-state index in [4.69, 9.17) is 0 Å². The standard InChI is InChI=1S/C16H16N4OS2/c21-15(18-11-3-4-14-17-5-6-20(14)9-11)8-12-10-23-16(19-12)13-2-1-7-22-13/h1-2,5-7,10-11H,3-4,8-9H2,(H,18,21)/t11-/m0/s1. The lowest BCUT2D eigenvalue weighted by Crippen LogP contribution is -2.41. The predicted octanol–water partition coefficient (Wildman–Crippen LogP) is 2.74. The second-order valence-corrected chi connectivity index (χ2v) is 7.40. The van der Waals surface area contributed by atoms with Crippen molar-refractivity contribution in [3.63, 3.8) is 0 Å². The first-order valence-electron chi connectivity index (χ1n) is 7.55. The number of thiophene rings is 1. The van der Waals surface area contributed by atoms with Gasteiger partial charge in [-0.05, 0) is 17.9 Å². The van der Waals surface area contributed by atoms with Crippen LogP contribution in [-0.2, 0) is 24.2 Å². The molecule has 1 amide bonds. The number of carbonyl (C=O) groups excluding carboxylic acids is 1. The Morgan fingerprint density at radius 3 is 3.26 bits per heavy atom. The van der Waals surface area contributed by atoms with Crippen LogP contribution in [0.4, 0.5) is 0 Å². The third kappa shape index (κ3) is 3.20. The maximum Gasteiger partial charge on any atom is 0.226 e. The molecule has 1 aliphatic rings. The van der Waals surface area contributed by atoms with E-state index in [1.807, 2.05) is 29.2 Å². The molecule has 1 aliphatic heterocycles. The number of rotatable bonds is 4. The number of amides is 1. The minimum absolute atomic E-state index is 0.0431. The first-order chi connectivity index (χ1) is 11.3. The van der Waals surface area contributed by atoms with E-state index in [1.165, 1.54) is 0 Å². The van der Waals surface area contributed by atoms with Gasteiger partial charge in [0.2, 0.25) is 5.91 Å². The second-order valence-electron chi connectivity index (χ2n) is 5.60. The molecule has 0 spiro atoms. The summed E-state index contributed by atoms with van der Waals surface area (Å²) in [7, 11) is 0. The average molecular weight is 344 g/mol. The molecule has 4 heterocycles. The number of hydrogen-bond donors (Lipinski definition) is 1. The minimum Gasteiger partial charge on any atom is -0.351 e. The van der Waals surface area contributed by atoms with Gasteiger partial charge in [-0.2, -0.15) is 0 Å². The van der Waals surface area contributed by atoms with E-state index < -0.39 is 0 Å². The maximum absolute atomic E-state index is 12.3. The van der Waals surface area contributed by atoms with E-state index in [2.05, 4.69) is 25.9 Å². The van der Waals surface area contributed by atoms with Crippen LogP contribution in [0.5, 0.6) is 0 Å². The first-order valence-corrected chi connectivity index (χ1v) is 9.31. The van der Waals surface area contributed by atoms with Crippen LogP contribution in [0.3, 0.4) is 0 Å². The van der Waals surface area contributed by atoms with Gasteiger partial charge in [0.1, 0.15) is 10.8 Å². The van der Waals surface area contributed by atoms with Crippen LogP contribution in [-0.4, -0.2) is 26.5 Å². The minimum atomic E-state index is 0.0431. The predicted molar refractivity (Wildman–Crippen MR) is 91.6 cm³/mol. The number of imidazole rings is 1. The average Bonchev–Trinajstić information content (AvgIpc) is 3.27. The Morgan fingerprint density at radius 1 is 1.43 bits per heavy atom. The van der Waals surface area contributed by atoms with Gasteiger partial charge >= 0.3 is 0 Å². The van der Waals surface area contributed by atoms with Gasteiger partial charge < -0.3 is 9.88 Å². The van der Waals surface area contributed by atoms with Crippen molar-refractivity contribution in [1.29, 1.82) is 0 Å². The Bertz CT molecular complexity index is 806. The summed E-state index contributed by atoms with van der Waals surface area (Å²) in [5.41, 5.74) is 0.843. The fourth-order valence-corrected chi connectivity index (χ4v) is 4.46. The topological polar surface area (TPSA) is 59.8 Å². The molecular formula is C16H16N4OS2. The van der Waals surface area contributed by atoms with Crippen LogP contribution in [0, 0.1) is 0 Å². The van der Waals surface area contributed by atoms with Gasteiger partial charge in [-0.25, -0.2) is 9.97 Å². The smallest absolute Gasteiger partial charge is 0.226 e. The van der Waals surface area contributed by atoms with Crippen LogP contribution in [0.2, 0.25) is 0 Å². The molecule has 0 aromatic carbocycles. The van der Waals surface area contributed by atoms with E-state index in [1.54, 1.807) is 22.7 Å².